The molecule has 1 heterocycles. The fourth-order valence-corrected chi connectivity index (χ4v) is 1.63. The van der Waals surface area contributed by atoms with Crippen LogP contribution in [0.15, 0.2) is 12.3 Å². The Morgan fingerprint density at radius 3 is 2.58 bits per heavy atom. The molecule has 1 aromatic rings. The molecule has 0 bridgehead atoms. The first-order chi connectivity index (χ1) is 8.95. The smallest absolute Gasteiger partial charge is 0.326 e. The molecular weight excluding hydrogens is 248 g/mol. The molecular formula is C13H18N2O4. The third-order valence-corrected chi connectivity index (χ3v) is 2.78. The number of aromatic nitrogens is 1. The van der Waals surface area contributed by atoms with Crippen LogP contribution in [0.3, 0.4) is 0 Å². The number of Topliss-reactive ketones (excluding diaryl/α,β-unsaturated/α-hetero) is 1. The molecule has 104 valence electrons. The predicted molar refractivity (Wildman–Crippen MR) is 69.2 cm³/mol. The summed E-state index contributed by atoms with van der Waals surface area (Å²) in [5.74, 6) is -1.73. The van der Waals surface area contributed by atoms with E-state index < -0.39 is 17.9 Å². The van der Waals surface area contributed by atoms with Crippen molar-refractivity contribution in [2.24, 2.45) is 0 Å². The van der Waals surface area contributed by atoms with Gasteiger partial charge in [0, 0.05) is 11.8 Å². The maximum atomic E-state index is 11.8. The molecule has 1 unspecified atom stereocenters. The number of carbonyl (C=O) groups excluding carboxylic acids is 2. The molecule has 0 aromatic carbocycles. The van der Waals surface area contributed by atoms with Crippen molar-refractivity contribution < 1.29 is 19.5 Å². The molecule has 0 saturated heterocycles. The van der Waals surface area contributed by atoms with Gasteiger partial charge in [0.05, 0.1) is 0 Å². The van der Waals surface area contributed by atoms with Crippen molar-refractivity contribution in [2.75, 3.05) is 0 Å². The van der Waals surface area contributed by atoms with E-state index in [9.17, 15) is 14.4 Å². The Labute approximate surface area is 111 Å². The fourth-order valence-electron chi connectivity index (χ4n) is 1.63. The highest BCUT2D eigenvalue weighted by Crippen LogP contribution is 2.06. The molecule has 0 radical (unpaired) electrons. The number of carboxylic acids is 1. The Balaban J connectivity index is 2.70. The van der Waals surface area contributed by atoms with Crippen molar-refractivity contribution >= 4 is 17.7 Å². The van der Waals surface area contributed by atoms with E-state index in [2.05, 4.69) is 10.3 Å². The Morgan fingerprint density at radius 2 is 2.11 bits per heavy atom. The maximum absolute atomic E-state index is 11.8. The first kappa shape index (κ1) is 14.9. The fraction of sp³-hybridized carbons (Fsp3) is 0.462. The second-order valence-electron chi connectivity index (χ2n) is 4.36. The Bertz CT molecular complexity index is 479. The molecule has 1 rings (SSSR count). The predicted octanol–water partition coefficient (Wildman–Crippen LogP) is 1.59. The molecule has 1 amide bonds. The quantitative estimate of drug-likeness (QED) is 0.652. The molecule has 0 fully saturated rings. The number of aromatic amines is 1. The summed E-state index contributed by atoms with van der Waals surface area (Å²) in [6, 6.07) is 0.507. The molecule has 3 N–H and O–H groups in total. The minimum Gasteiger partial charge on any atom is -0.480 e. The molecule has 0 spiro atoms. The molecule has 0 aliphatic carbocycles. The SMILES string of the molecule is CCCCC(NC(=O)c1cc(C(C)=O)c[nH]1)C(=O)O. The van der Waals surface area contributed by atoms with Gasteiger partial charge in [-0.25, -0.2) is 4.79 Å². The van der Waals surface area contributed by atoms with Crippen LogP contribution in [0, 0.1) is 0 Å². The number of hydrogen-bond donors (Lipinski definition) is 3. The average Bonchev–Trinajstić information content (AvgIpc) is 2.83. The summed E-state index contributed by atoms with van der Waals surface area (Å²) in [7, 11) is 0. The number of nitrogens with one attached hydrogen (secondary N) is 2. The third-order valence-electron chi connectivity index (χ3n) is 2.78. The van der Waals surface area contributed by atoms with E-state index >= 15 is 0 Å². The largest absolute Gasteiger partial charge is 0.480 e. The molecule has 6 heteroatoms. The van der Waals surface area contributed by atoms with Gasteiger partial charge in [0.25, 0.3) is 5.91 Å². The Morgan fingerprint density at radius 1 is 1.42 bits per heavy atom. The average molecular weight is 266 g/mol. The minimum atomic E-state index is -1.06. The standard InChI is InChI=1S/C13H18N2O4/c1-3-4-5-10(13(18)19)15-12(17)11-6-9(7-14-11)8(2)16/h6-7,10,14H,3-5H2,1-2H3,(H,15,17)(H,18,19). The number of aliphatic carboxylic acids is 1. The second kappa shape index (κ2) is 6.72. The van der Waals surface area contributed by atoms with E-state index in [4.69, 9.17) is 5.11 Å². The number of amides is 1. The lowest BCUT2D eigenvalue weighted by Crippen LogP contribution is -2.40. The molecule has 0 aliphatic heterocycles. The van der Waals surface area contributed by atoms with Gasteiger partial charge in [-0.15, -0.1) is 0 Å². The first-order valence-electron chi connectivity index (χ1n) is 6.18. The van der Waals surface area contributed by atoms with Gasteiger partial charge in [-0.05, 0) is 19.4 Å². The number of rotatable bonds is 7. The lowest BCUT2D eigenvalue weighted by atomic mass is 10.1. The molecule has 1 atom stereocenters. The summed E-state index contributed by atoms with van der Waals surface area (Å²) in [6.07, 6.45) is 3.40. The van der Waals surface area contributed by atoms with E-state index in [1.165, 1.54) is 19.2 Å². The van der Waals surface area contributed by atoms with Gasteiger partial charge in [0.2, 0.25) is 0 Å². The lowest BCUT2D eigenvalue weighted by molar-refractivity contribution is -0.139. The van der Waals surface area contributed by atoms with Crippen LogP contribution in [-0.4, -0.2) is 33.8 Å². The molecule has 1 aromatic heterocycles. The third kappa shape index (κ3) is 4.24. The van der Waals surface area contributed by atoms with Crippen molar-refractivity contribution in [1.29, 1.82) is 0 Å². The number of carbonyl (C=O) groups is 3. The van der Waals surface area contributed by atoms with Crippen LogP contribution < -0.4 is 5.32 Å². The van der Waals surface area contributed by atoms with Crippen molar-refractivity contribution in [3.8, 4) is 0 Å². The summed E-state index contributed by atoms with van der Waals surface area (Å²) in [6.45, 7) is 3.34. The van der Waals surface area contributed by atoms with Gasteiger partial charge in [0.15, 0.2) is 5.78 Å². The lowest BCUT2D eigenvalue weighted by Gasteiger charge is -2.13. The Hall–Kier alpha value is -2.11. The van der Waals surface area contributed by atoms with Crippen LogP contribution in [-0.2, 0) is 4.79 Å². The van der Waals surface area contributed by atoms with E-state index in [1.54, 1.807) is 0 Å². The summed E-state index contributed by atoms with van der Waals surface area (Å²) in [5, 5.41) is 11.4. The van der Waals surface area contributed by atoms with E-state index in [1.807, 2.05) is 6.92 Å². The highest BCUT2D eigenvalue weighted by Gasteiger charge is 2.21. The van der Waals surface area contributed by atoms with Crippen LogP contribution in [0.1, 0.15) is 54.0 Å². The van der Waals surface area contributed by atoms with Crippen LogP contribution in [0.5, 0.6) is 0 Å². The molecule has 19 heavy (non-hydrogen) atoms. The number of carboxylic acid groups (broad SMARTS) is 1. The van der Waals surface area contributed by atoms with Crippen molar-refractivity contribution in [1.82, 2.24) is 10.3 Å². The summed E-state index contributed by atoms with van der Waals surface area (Å²) in [4.78, 5) is 36.6. The van der Waals surface area contributed by atoms with Crippen molar-refractivity contribution in [3.05, 3.63) is 23.5 Å². The molecule has 0 aliphatic rings. The minimum absolute atomic E-state index is 0.156. The maximum Gasteiger partial charge on any atom is 0.326 e. The van der Waals surface area contributed by atoms with E-state index in [0.717, 1.165) is 12.8 Å². The summed E-state index contributed by atoms with van der Waals surface area (Å²) in [5.41, 5.74) is 0.582. The van der Waals surface area contributed by atoms with Gasteiger partial charge in [-0.2, -0.15) is 0 Å². The molecule has 6 nitrogen and oxygen atoms in total. The van der Waals surface area contributed by atoms with Gasteiger partial charge in [-0.3, -0.25) is 9.59 Å². The van der Waals surface area contributed by atoms with Gasteiger partial charge in [-0.1, -0.05) is 19.8 Å². The number of hydrogen-bond acceptors (Lipinski definition) is 3. The first-order valence-corrected chi connectivity index (χ1v) is 6.18. The number of unbranched alkanes of at least 4 members (excludes halogenated alkanes) is 1. The zero-order valence-electron chi connectivity index (χ0n) is 11.0. The number of H-pyrrole nitrogens is 1. The number of ketones is 1. The van der Waals surface area contributed by atoms with Crippen molar-refractivity contribution in [3.63, 3.8) is 0 Å². The van der Waals surface area contributed by atoms with Gasteiger partial charge < -0.3 is 15.4 Å². The normalized spacial score (nSPS) is 11.9. The second-order valence-corrected chi connectivity index (χ2v) is 4.36. The van der Waals surface area contributed by atoms with E-state index in [-0.39, 0.29) is 11.5 Å². The zero-order chi connectivity index (χ0) is 14.4. The van der Waals surface area contributed by atoms with Gasteiger partial charge in [0.1, 0.15) is 11.7 Å². The summed E-state index contributed by atoms with van der Waals surface area (Å²) < 4.78 is 0. The van der Waals surface area contributed by atoms with Gasteiger partial charge >= 0.3 is 5.97 Å². The monoisotopic (exact) mass is 266 g/mol. The van der Waals surface area contributed by atoms with Crippen LogP contribution in [0.2, 0.25) is 0 Å². The Kier molecular flexibility index (Phi) is 5.29. The van der Waals surface area contributed by atoms with Crippen LogP contribution in [0.4, 0.5) is 0 Å². The molecule has 0 saturated carbocycles. The van der Waals surface area contributed by atoms with Crippen molar-refractivity contribution in [2.45, 2.75) is 39.2 Å². The topological polar surface area (TPSA) is 99.3 Å². The summed E-state index contributed by atoms with van der Waals surface area (Å²) >= 11 is 0. The van der Waals surface area contributed by atoms with Crippen LogP contribution in [0.25, 0.3) is 0 Å². The van der Waals surface area contributed by atoms with E-state index in [0.29, 0.717) is 12.0 Å². The zero-order valence-corrected chi connectivity index (χ0v) is 11.0. The van der Waals surface area contributed by atoms with Crippen LogP contribution >= 0.6 is 0 Å². The highest BCUT2D eigenvalue weighted by atomic mass is 16.4. The highest BCUT2D eigenvalue weighted by molar-refractivity contribution is 6.00.